The molecule has 0 saturated carbocycles. The highest BCUT2D eigenvalue weighted by Gasteiger charge is 2.09. The molecule has 18 heavy (non-hydrogen) atoms. The number of fused-ring (bicyclic) bond motifs is 1. The van der Waals surface area contributed by atoms with Gasteiger partial charge >= 0.3 is 0 Å². The predicted octanol–water partition coefficient (Wildman–Crippen LogP) is 2.35. The fourth-order valence-electron chi connectivity index (χ4n) is 2.00. The van der Waals surface area contributed by atoms with E-state index in [0.29, 0.717) is 11.1 Å². The molecule has 0 fully saturated rings. The quantitative estimate of drug-likeness (QED) is 0.749. The van der Waals surface area contributed by atoms with E-state index in [0.717, 1.165) is 5.39 Å². The van der Waals surface area contributed by atoms with Crippen molar-refractivity contribution >= 4 is 10.8 Å². The molecular weight excluding hydrogens is 230 g/mol. The lowest BCUT2D eigenvalue weighted by molar-refractivity contribution is 0.405. The summed E-state index contributed by atoms with van der Waals surface area (Å²) in [5.41, 5.74) is -0.248. The molecule has 90 valence electrons. The number of aromatic hydroxyl groups is 1. The minimum Gasteiger partial charge on any atom is -0.494 e. The lowest BCUT2D eigenvalue weighted by Crippen LogP contribution is -2.19. The lowest BCUT2D eigenvalue weighted by Gasteiger charge is -2.09. The van der Waals surface area contributed by atoms with Gasteiger partial charge in [-0.1, -0.05) is 18.2 Å². The van der Waals surface area contributed by atoms with E-state index >= 15 is 0 Å². The summed E-state index contributed by atoms with van der Waals surface area (Å²) >= 11 is 0. The molecule has 1 N–H and O–H groups in total. The molecule has 3 rings (SSSR count). The standard InChI is InChI=1S/C14H11NO3/c16-13-8-10-4-1-2-6-12(10)14(17)15(13)9-11-5-3-7-18-11/h1-8,17H,9H2. The van der Waals surface area contributed by atoms with Crippen molar-refractivity contribution in [3.63, 3.8) is 0 Å². The average molecular weight is 241 g/mol. The van der Waals surface area contributed by atoms with Gasteiger partial charge in [-0.2, -0.15) is 0 Å². The summed E-state index contributed by atoms with van der Waals surface area (Å²) in [6.45, 7) is 0.225. The Kier molecular flexibility index (Phi) is 2.41. The van der Waals surface area contributed by atoms with Crippen molar-refractivity contribution in [1.29, 1.82) is 0 Å². The molecule has 1 aromatic carbocycles. The Balaban J connectivity index is 2.20. The highest BCUT2D eigenvalue weighted by atomic mass is 16.3. The van der Waals surface area contributed by atoms with Crippen molar-refractivity contribution in [3.8, 4) is 5.88 Å². The SMILES string of the molecule is O=c1cc2ccccc2c(O)n1Cc1ccco1. The molecule has 3 aromatic rings. The summed E-state index contributed by atoms with van der Waals surface area (Å²) in [6.07, 6.45) is 1.54. The molecule has 0 saturated heterocycles. The molecule has 0 spiro atoms. The number of pyridine rings is 1. The zero-order valence-corrected chi connectivity index (χ0v) is 9.54. The average Bonchev–Trinajstić information content (AvgIpc) is 2.87. The molecule has 2 aromatic heterocycles. The highest BCUT2D eigenvalue weighted by Crippen LogP contribution is 2.22. The molecule has 0 aliphatic heterocycles. The van der Waals surface area contributed by atoms with Crippen LogP contribution in [0.2, 0.25) is 0 Å². The van der Waals surface area contributed by atoms with Gasteiger partial charge in [-0.3, -0.25) is 9.36 Å². The number of benzene rings is 1. The number of hydrogen-bond donors (Lipinski definition) is 1. The molecule has 0 bridgehead atoms. The topological polar surface area (TPSA) is 55.4 Å². The second-order valence-electron chi connectivity index (χ2n) is 4.06. The third kappa shape index (κ3) is 1.68. The van der Waals surface area contributed by atoms with Gasteiger partial charge in [0.1, 0.15) is 5.76 Å². The molecule has 0 amide bonds. The number of nitrogens with zero attached hydrogens (tertiary/aromatic N) is 1. The van der Waals surface area contributed by atoms with E-state index in [-0.39, 0.29) is 18.0 Å². The number of rotatable bonds is 2. The first kappa shape index (κ1) is 10.7. The third-order valence-electron chi connectivity index (χ3n) is 2.90. The van der Waals surface area contributed by atoms with Crippen LogP contribution in [0.1, 0.15) is 5.76 Å². The van der Waals surface area contributed by atoms with Gasteiger partial charge in [0.2, 0.25) is 5.88 Å². The van der Waals surface area contributed by atoms with Crippen molar-refractivity contribution in [1.82, 2.24) is 4.57 Å². The predicted molar refractivity (Wildman–Crippen MR) is 67.7 cm³/mol. The molecule has 0 atom stereocenters. The fourth-order valence-corrected chi connectivity index (χ4v) is 2.00. The van der Waals surface area contributed by atoms with Crippen LogP contribution in [-0.2, 0) is 6.54 Å². The first-order chi connectivity index (χ1) is 8.75. The Labute approximate surface area is 103 Å². The van der Waals surface area contributed by atoms with Crippen molar-refractivity contribution in [3.05, 3.63) is 64.8 Å². The van der Waals surface area contributed by atoms with Gasteiger partial charge in [-0.15, -0.1) is 0 Å². The Hall–Kier alpha value is -2.49. The van der Waals surface area contributed by atoms with E-state index < -0.39 is 0 Å². The van der Waals surface area contributed by atoms with Crippen LogP contribution in [0.3, 0.4) is 0 Å². The maximum absolute atomic E-state index is 11.9. The van der Waals surface area contributed by atoms with Crippen LogP contribution in [0.25, 0.3) is 10.8 Å². The van der Waals surface area contributed by atoms with Crippen molar-refractivity contribution < 1.29 is 9.52 Å². The van der Waals surface area contributed by atoms with E-state index in [4.69, 9.17) is 4.42 Å². The van der Waals surface area contributed by atoms with Gasteiger partial charge < -0.3 is 9.52 Å². The van der Waals surface area contributed by atoms with Gasteiger partial charge in [-0.05, 0) is 23.6 Å². The highest BCUT2D eigenvalue weighted by molar-refractivity contribution is 5.86. The summed E-state index contributed by atoms with van der Waals surface area (Å²) in [5, 5.41) is 11.5. The molecule has 4 heteroatoms. The van der Waals surface area contributed by atoms with Crippen LogP contribution >= 0.6 is 0 Å². The van der Waals surface area contributed by atoms with Crippen molar-refractivity contribution in [2.75, 3.05) is 0 Å². The van der Waals surface area contributed by atoms with Gasteiger partial charge in [0.05, 0.1) is 12.8 Å². The minimum atomic E-state index is -0.248. The van der Waals surface area contributed by atoms with Crippen molar-refractivity contribution in [2.45, 2.75) is 6.54 Å². The van der Waals surface area contributed by atoms with Crippen LogP contribution in [0, 0.1) is 0 Å². The van der Waals surface area contributed by atoms with E-state index in [1.54, 1.807) is 30.5 Å². The monoisotopic (exact) mass is 241 g/mol. The maximum Gasteiger partial charge on any atom is 0.254 e. The second kappa shape index (κ2) is 4.07. The smallest absolute Gasteiger partial charge is 0.254 e. The fraction of sp³-hybridized carbons (Fsp3) is 0.0714. The second-order valence-corrected chi connectivity index (χ2v) is 4.06. The third-order valence-corrected chi connectivity index (χ3v) is 2.90. The molecule has 0 aliphatic carbocycles. The zero-order valence-electron chi connectivity index (χ0n) is 9.54. The van der Waals surface area contributed by atoms with E-state index in [1.807, 2.05) is 12.1 Å². The largest absolute Gasteiger partial charge is 0.494 e. The van der Waals surface area contributed by atoms with Crippen LogP contribution in [-0.4, -0.2) is 9.67 Å². The van der Waals surface area contributed by atoms with Crippen molar-refractivity contribution in [2.24, 2.45) is 0 Å². The Morgan fingerprint density at radius 1 is 1.17 bits per heavy atom. The van der Waals surface area contributed by atoms with E-state index in [9.17, 15) is 9.90 Å². The first-order valence-electron chi connectivity index (χ1n) is 5.59. The summed E-state index contributed by atoms with van der Waals surface area (Å²) < 4.78 is 6.48. The van der Waals surface area contributed by atoms with Gasteiger partial charge in [0.25, 0.3) is 5.56 Å². The molecule has 0 aliphatic rings. The van der Waals surface area contributed by atoms with Crippen LogP contribution in [0.15, 0.2) is 57.9 Å². The summed E-state index contributed by atoms with van der Waals surface area (Å²) in [7, 11) is 0. The van der Waals surface area contributed by atoms with Gasteiger partial charge in [0, 0.05) is 11.5 Å². The molecular formula is C14H11NO3. The van der Waals surface area contributed by atoms with Crippen LogP contribution < -0.4 is 5.56 Å². The van der Waals surface area contributed by atoms with Crippen LogP contribution in [0.5, 0.6) is 5.88 Å². The molecule has 2 heterocycles. The lowest BCUT2D eigenvalue weighted by atomic mass is 10.1. The number of aromatic nitrogens is 1. The summed E-state index contributed by atoms with van der Waals surface area (Å²) in [6, 6.07) is 12.3. The Bertz CT molecular complexity index is 741. The Morgan fingerprint density at radius 3 is 2.78 bits per heavy atom. The molecule has 0 unspecified atom stereocenters. The Morgan fingerprint density at radius 2 is 2.00 bits per heavy atom. The van der Waals surface area contributed by atoms with E-state index in [1.165, 1.54) is 10.6 Å². The summed E-state index contributed by atoms with van der Waals surface area (Å²) in [5.74, 6) is 0.595. The molecule has 4 nitrogen and oxygen atoms in total. The van der Waals surface area contributed by atoms with Gasteiger partial charge in [-0.25, -0.2) is 0 Å². The zero-order chi connectivity index (χ0) is 12.5. The number of furan rings is 1. The normalized spacial score (nSPS) is 10.9. The molecule has 0 radical (unpaired) electrons. The maximum atomic E-state index is 11.9. The van der Waals surface area contributed by atoms with Gasteiger partial charge in [0.15, 0.2) is 0 Å². The summed E-state index contributed by atoms with van der Waals surface area (Å²) in [4.78, 5) is 11.9. The first-order valence-corrected chi connectivity index (χ1v) is 5.59. The minimum absolute atomic E-state index is 0.0329. The number of hydrogen-bond acceptors (Lipinski definition) is 3. The van der Waals surface area contributed by atoms with E-state index in [2.05, 4.69) is 0 Å². The van der Waals surface area contributed by atoms with Crippen LogP contribution in [0.4, 0.5) is 0 Å².